The van der Waals surface area contributed by atoms with E-state index in [9.17, 15) is 4.79 Å². The summed E-state index contributed by atoms with van der Waals surface area (Å²) in [6.45, 7) is 1.96. The molecule has 0 bridgehead atoms. The maximum Gasteiger partial charge on any atom is 0.343 e. The lowest BCUT2D eigenvalue weighted by Gasteiger charge is -2.05. The van der Waals surface area contributed by atoms with Gasteiger partial charge in [-0.05, 0) is 6.42 Å². The molecule has 0 aromatic carbocycles. The van der Waals surface area contributed by atoms with E-state index in [4.69, 9.17) is 5.11 Å². The summed E-state index contributed by atoms with van der Waals surface area (Å²) in [5.41, 5.74) is -0.239. The SMILES string of the molecule is CCC(CO)c1nn(C)c(=O)[nH]1. The van der Waals surface area contributed by atoms with Crippen LogP contribution in [0, 0.1) is 0 Å². The zero-order valence-electron chi connectivity index (χ0n) is 7.24. The van der Waals surface area contributed by atoms with Crippen molar-refractivity contribution in [3.8, 4) is 0 Å². The van der Waals surface area contributed by atoms with E-state index in [0.717, 1.165) is 6.42 Å². The Labute approximate surface area is 70.0 Å². The highest BCUT2D eigenvalue weighted by molar-refractivity contribution is 4.92. The molecule has 0 aliphatic heterocycles. The van der Waals surface area contributed by atoms with Crippen LogP contribution >= 0.6 is 0 Å². The van der Waals surface area contributed by atoms with Crippen LogP contribution in [0.1, 0.15) is 25.1 Å². The fourth-order valence-electron chi connectivity index (χ4n) is 1.02. The fourth-order valence-corrected chi connectivity index (χ4v) is 1.02. The molecule has 0 radical (unpaired) electrons. The first-order valence-corrected chi connectivity index (χ1v) is 3.93. The number of hydrogen-bond donors (Lipinski definition) is 2. The van der Waals surface area contributed by atoms with Crippen molar-refractivity contribution in [1.82, 2.24) is 14.8 Å². The number of nitrogens with one attached hydrogen (secondary N) is 1. The molecule has 1 aromatic heterocycles. The monoisotopic (exact) mass is 171 g/mol. The highest BCUT2D eigenvalue weighted by Crippen LogP contribution is 2.11. The first kappa shape index (κ1) is 8.99. The average molecular weight is 171 g/mol. The highest BCUT2D eigenvalue weighted by Gasteiger charge is 2.12. The van der Waals surface area contributed by atoms with Crippen LogP contribution in [-0.4, -0.2) is 26.5 Å². The van der Waals surface area contributed by atoms with E-state index in [1.165, 1.54) is 4.68 Å². The largest absolute Gasteiger partial charge is 0.396 e. The minimum atomic E-state index is -0.239. The van der Waals surface area contributed by atoms with Crippen molar-refractivity contribution in [3.05, 3.63) is 16.3 Å². The molecule has 0 spiro atoms. The first-order chi connectivity index (χ1) is 5.69. The molecule has 0 amide bonds. The molecule has 0 aliphatic carbocycles. The van der Waals surface area contributed by atoms with Crippen molar-refractivity contribution in [3.63, 3.8) is 0 Å². The molecule has 12 heavy (non-hydrogen) atoms. The van der Waals surface area contributed by atoms with Gasteiger partial charge < -0.3 is 5.11 Å². The van der Waals surface area contributed by atoms with Crippen LogP contribution in [0.15, 0.2) is 4.79 Å². The Morgan fingerprint density at radius 3 is 2.75 bits per heavy atom. The molecular formula is C7H13N3O2. The van der Waals surface area contributed by atoms with E-state index in [0.29, 0.717) is 5.82 Å². The van der Waals surface area contributed by atoms with Crippen LogP contribution in [-0.2, 0) is 7.05 Å². The lowest BCUT2D eigenvalue weighted by Crippen LogP contribution is -2.13. The summed E-state index contributed by atoms with van der Waals surface area (Å²) in [6.07, 6.45) is 0.767. The van der Waals surface area contributed by atoms with Crippen molar-refractivity contribution < 1.29 is 5.11 Å². The van der Waals surface area contributed by atoms with E-state index >= 15 is 0 Å². The third kappa shape index (κ3) is 1.55. The summed E-state index contributed by atoms with van der Waals surface area (Å²) in [5, 5.41) is 12.8. The summed E-state index contributed by atoms with van der Waals surface area (Å²) >= 11 is 0. The van der Waals surface area contributed by atoms with Gasteiger partial charge in [0.15, 0.2) is 0 Å². The van der Waals surface area contributed by atoms with E-state index in [2.05, 4.69) is 10.1 Å². The van der Waals surface area contributed by atoms with Crippen LogP contribution in [0.3, 0.4) is 0 Å². The van der Waals surface area contributed by atoms with Crippen LogP contribution < -0.4 is 5.69 Å². The molecule has 5 nitrogen and oxygen atoms in total. The van der Waals surface area contributed by atoms with Gasteiger partial charge in [-0.3, -0.25) is 4.98 Å². The Hall–Kier alpha value is -1.10. The molecule has 0 saturated heterocycles. The minimum absolute atomic E-state index is 0.0173. The van der Waals surface area contributed by atoms with Crippen LogP contribution in [0.4, 0.5) is 0 Å². The van der Waals surface area contributed by atoms with Gasteiger partial charge in [0, 0.05) is 13.0 Å². The van der Waals surface area contributed by atoms with Crippen molar-refractivity contribution in [2.24, 2.45) is 7.05 Å². The van der Waals surface area contributed by atoms with E-state index in [1.54, 1.807) is 7.05 Å². The number of H-pyrrole nitrogens is 1. The Kier molecular flexibility index (Phi) is 2.65. The molecule has 1 unspecified atom stereocenters. The molecule has 0 aliphatic rings. The number of aliphatic hydroxyl groups excluding tert-OH is 1. The normalized spacial score (nSPS) is 13.2. The maximum absolute atomic E-state index is 10.9. The number of nitrogens with zero attached hydrogens (tertiary/aromatic N) is 2. The molecule has 68 valence electrons. The molecule has 5 heteroatoms. The zero-order valence-corrected chi connectivity index (χ0v) is 7.24. The van der Waals surface area contributed by atoms with Crippen LogP contribution in [0.25, 0.3) is 0 Å². The molecule has 1 rings (SSSR count). The number of aromatic amines is 1. The summed E-state index contributed by atoms with van der Waals surface area (Å²) in [7, 11) is 1.58. The van der Waals surface area contributed by atoms with Crippen LogP contribution in [0.2, 0.25) is 0 Å². The van der Waals surface area contributed by atoms with Gasteiger partial charge in [-0.25, -0.2) is 9.48 Å². The third-order valence-corrected chi connectivity index (χ3v) is 1.89. The van der Waals surface area contributed by atoms with Crippen LogP contribution in [0.5, 0.6) is 0 Å². The van der Waals surface area contributed by atoms with Crippen molar-refractivity contribution in [2.75, 3.05) is 6.61 Å². The highest BCUT2D eigenvalue weighted by atomic mass is 16.3. The summed E-state index contributed by atoms with van der Waals surface area (Å²) in [5.74, 6) is 0.506. The fraction of sp³-hybridized carbons (Fsp3) is 0.714. The van der Waals surface area contributed by atoms with Gasteiger partial charge in [0.05, 0.1) is 6.61 Å². The number of aryl methyl sites for hydroxylation is 1. The predicted molar refractivity (Wildman–Crippen MR) is 43.9 cm³/mol. The van der Waals surface area contributed by atoms with Gasteiger partial charge in [0.1, 0.15) is 5.82 Å². The van der Waals surface area contributed by atoms with E-state index < -0.39 is 0 Å². The zero-order chi connectivity index (χ0) is 9.14. The van der Waals surface area contributed by atoms with Gasteiger partial charge in [0.25, 0.3) is 0 Å². The average Bonchev–Trinajstić information content (AvgIpc) is 2.35. The van der Waals surface area contributed by atoms with Crippen molar-refractivity contribution in [2.45, 2.75) is 19.3 Å². The minimum Gasteiger partial charge on any atom is -0.396 e. The lowest BCUT2D eigenvalue weighted by atomic mass is 10.1. The molecule has 0 fully saturated rings. The standard InChI is InChI=1S/C7H13N3O2/c1-3-5(4-11)6-8-7(12)10(2)9-6/h5,11H,3-4H2,1-2H3,(H,8,9,12). The van der Waals surface area contributed by atoms with E-state index in [-0.39, 0.29) is 18.2 Å². The summed E-state index contributed by atoms with van der Waals surface area (Å²) in [4.78, 5) is 13.5. The Morgan fingerprint density at radius 1 is 1.75 bits per heavy atom. The second kappa shape index (κ2) is 3.53. The molecule has 2 N–H and O–H groups in total. The smallest absolute Gasteiger partial charge is 0.343 e. The molecule has 1 aromatic rings. The quantitative estimate of drug-likeness (QED) is 0.649. The van der Waals surface area contributed by atoms with Crippen molar-refractivity contribution >= 4 is 0 Å². The molecule has 1 atom stereocenters. The first-order valence-electron chi connectivity index (χ1n) is 3.93. The molecular weight excluding hydrogens is 158 g/mol. The summed E-state index contributed by atoms with van der Waals surface area (Å²) < 4.78 is 1.23. The maximum atomic E-state index is 10.9. The van der Waals surface area contributed by atoms with Gasteiger partial charge in [-0.1, -0.05) is 6.92 Å². The van der Waals surface area contributed by atoms with Gasteiger partial charge in [-0.15, -0.1) is 0 Å². The number of rotatable bonds is 3. The molecule has 1 heterocycles. The molecule has 0 saturated carbocycles. The van der Waals surface area contributed by atoms with E-state index in [1.807, 2.05) is 6.92 Å². The lowest BCUT2D eigenvalue weighted by molar-refractivity contribution is 0.257. The van der Waals surface area contributed by atoms with Gasteiger partial charge in [-0.2, -0.15) is 5.10 Å². The summed E-state index contributed by atoms with van der Waals surface area (Å²) in [6, 6.07) is 0. The number of hydrogen-bond acceptors (Lipinski definition) is 3. The Balaban J connectivity index is 2.94. The van der Waals surface area contributed by atoms with Gasteiger partial charge >= 0.3 is 5.69 Å². The Morgan fingerprint density at radius 2 is 2.42 bits per heavy atom. The Bertz CT molecular complexity index is 298. The van der Waals surface area contributed by atoms with Crippen molar-refractivity contribution in [1.29, 1.82) is 0 Å². The third-order valence-electron chi connectivity index (χ3n) is 1.89. The number of aliphatic hydroxyl groups is 1. The van der Waals surface area contributed by atoms with Gasteiger partial charge in [0.2, 0.25) is 0 Å². The second-order valence-electron chi connectivity index (χ2n) is 2.73. The topological polar surface area (TPSA) is 70.9 Å². The number of aromatic nitrogens is 3. The predicted octanol–water partition coefficient (Wildman–Crippen LogP) is -0.406. The second-order valence-corrected chi connectivity index (χ2v) is 2.73.